The van der Waals surface area contributed by atoms with Gasteiger partial charge in [0.15, 0.2) is 0 Å². The van der Waals surface area contributed by atoms with Crippen molar-refractivity contribution < 1.29 is 29.4 Å². The van der Waals surface area contributed by atoms with E-state index < -0.39 is 31.8 Å². The molecule has 6 nitrogen and oxygen atoms in total. The van der Waals surface area contributed by atoms with E-state index in [-0.39, 0.29) is 5.97 Å². The quantitative estimate of drug-likeness (QED) is 0.295. The first-order chi connectivity index (χ1) is 11.1. The maximum Gasteiger partial charge on any atom is 0.317 e. The second-order valence-corrected chi connectivity index (χ2v) is 6.34. The van der Waals surface area contributed by atoms with Gasteiger partial charge in [0, 0.05) is 12.2 Å². The van der Waals surface area contributed by atoms with Crippen molar-refractivity contribution in [2.45, 2.75) is 58.8 Å². The zero-order chi connectivity index (χ0) is 18.0. The largest absolute Gasteiger partial charge is 0.396 e. The number of rotatable bonds is 13. The van der Waals surface area contributed by atoms with Crippen LogP contribution in [0.3, 0.4) is 0 Å². The Balaban J connectivity index is 0. The summed E-state index contributed by atoms with van der Waals surface area (Å²) < 4.78 is 4.90. The summed E-state index contributed by atoms with van der Waals surface area (Å²) in [4.78, 5) is 10.7. The van der Waals surface area contributed by atoms with Crippen molar-refractivity contribution in [2.24, 2.45) is 5.41 Å². The number of hydrogen-bond acceptors (Lipinski definition) is 7. The summed E-state index contributed by atoms with van der Waals surface area (Å²) in [5.41, 5.74) is -1.11. The van der Waals surface area contributed by atoms with Crippen molar-refractivity contribution in [2.75, 3.05) is 32.2 Å². The number of aliphatic hydroxyl groups excluding tert-OH is 4. The van der Waals surface area contributed by atoms with Crippen LogP contribution in [-0.4, -0.2) is 58.6 Å². The van der Waals surface area contributed by atoms with Crippen molar-refractivity contribution in [1.29, 1.82) is 0 Å². The van der Waals surface area contributed by atoms with Crippen LogP contribution < -0.4 is 0 Å². The molecule has 0 spiro atoms. The molecule has 23 heavy (non-hydrogen) atoms. The van der Waals surface area contributed by atoms with Gasteiger partial charge < -0.3 is 24.6 Å². The summed E-state index contributed by atoms with van der Waals surface area (Å²) in [6.07, 6.45) is 8.19. The molecule has 0 aromatic rings. The molecule has 4 N–H and O–H groups in total. The first kappa shape index (κ1) is 24.9. The highest BCUT2D eigenvalue weighted by Crippen LogP contribution is 2.12. The Kier molecular flexibility index (Phi) is 19.5. The van der Waals surface area contributed by atoms with Crippen LogP contribution in [0.5, 0.6) is 0 Å². The van der Waals surface area contributed by atoms with Crippen LogP contribution in [0.2, 0.25) is 0 Å². The van der Waals surface area contributed by atoms with Crippen molar-refractivity contribution in [3.8, 4) is 0 Å². The molecule has 0 bridgehead atoms. The summed E-state index contributed by atoms with van der Waals surface area (Å²) >= 11 is 1.30. The van der Waals surface area contributed by atoms with Crippen LogP contribution in [0.25, 0.3) is 0 Å². The first-order valence-corrected chi connectivity index (χ1v) is 9.22. The van der Waals surface area contributed by atoms with Crippen LogP contribution >= 0.6 is 12.0 Å². The second kappa shape index (κ2) is 18.0. The van der Waals surface area contributed by atoms with Gasteiger partial charge in [-0.2, -0.15) is 0 Å². The van der Waals surface area contributed by atoms with Crippen LogP contribution in [0, 0.1) is 5.41 Å². The average molecular weight is 355 g/mol. The number of hydrogen-bond donors (Lipinski definition) is 4. The summed E-state index contributed by atoms with van der Waals surface area (Å²) in [5.74, 6) is 0.832. The van der Waals surface area contributed by atoms with E-state index in [1.165, 1.54) is 44.1 Å². The monoisotopic (exact) mass is 354 g/mol. The third-order valence-corrected chi connectivity index (χ3v) is 4.12. The fourth-order valence-corrected chi connectivity index (χ4v) is 2.06. The minimum Gasteiger partial charge on any atom is -0.396 e. The lowest BCUT2D eigenvalue weighted by atomic mass is 9.93. The van der Waals surface area contributed by atoms with Gasteiger partial charge in [0.25, 0.3) is 0 Å². The van der Waals surface area contributed by atoms with E-state index in [9.17, 15) is 4.79 Å². The van der Waals surface area contributed by atoms with Gasteiger partial charge >= 0.3 is 5.97 Å². The Labute approximate surface area is 144 Å². The maximum absolute atomic E-state index is 10.7. The van der Waals surface area contributed by atoms with Gasteiger partial charge in [-0.05, 0) is 6.42 Å². The molecule has 0 aromatic heterocycles. The fraction of sp³-hybridized carbons (Fsp3) is 0.938. The van der Waals surface area contributed by atoms with Gasteiger partial charge in [-0.1, -0.05) is 46.0 Å². The number of carbonyl (C=O) groups is 1. The standard InChI is InChI=1S/C11H22O2S.C5H12O4/c1-3-5-6-7-8-9-10-14-13-11(12)4-2;6-1-5(2-7,3-8)4-9/h3-10H2,1-2H3;6-9H,1-4H2. The lowest BCUT2D eigenvalue weighted by molar-refractivity contribution is -0.132. The molecule has 0 saturated carbocycles. The summed E-state index contributed by atoms with van der Waals surface area (Å²) in [6, 6.07) is 0. The van der Waals surface area contributed by atoms with Crippen LogP contribution in [-0.2, 0) is 8.98 Å². The van der Waals surface area contributed by atoms with Crippen molar-refractivity contribution in [3.63, 3.8) is 0 Å². The molecular formula is C16H34O6S. The van der Waals surface area contributed by atoms with E-state index in [0.717, 1.165) is 12.2 Å². The number of unbranched alkanes of at least 4 members (excludes halogenated alkanes) is 5. The highest BCUT2D eigenvalue weighted by atomic mass is 32.2. The topological polar surface area (TPSA) is 107 Å². The number of aliphatic hydroxyl groups is 4. The van der Waals surface area contributed by atoms with Crippen molar-refractivity contribution in [1.82, 2.24) is 0 Å². The molecule has 0 heterocycles. The Morgan fingerprint density at radius 1 is 0.870 bits per heavy atom. The molecule has 0 fully saturated rings. The molecule has 0 saturated heterocycles. The Morgan fingerprint density at radius 3 is 1.74 bits per heavy atom. The van der Waals surface area contributed by atoms with Gasteiger partial charge in [-0.15, -0.1) is 0 Å². The molecule has 0 aliphatic heterocycles. The summed E-state index contributed by atoms with van der Waals surface area (Å²) in [6.45, 7) is 2.41. The highest BCUT2D eigenvalue weighted by Gasteiger charge is 2.26. The predicted octanol–water partition coefficient (Wildman–Crippen LogP) is 1.89. The minimum absolute atomic E-state index is 0.110. The fourth-order valence-electron chi connectivity index (χ4n) is 1.41. The molecule has 0 amide bonds. The zero-order valence-electron chi connectivity index (χ0n) is 14.5. The zero-order valence-corrected chi connectivity index (χ0v) is 15.3. The molecule has 0 radical (unpaired) electrons. The van der Waals surface area contributed by atoms with Gasteiger partial charge in [0.1, 0.15) is 0 Å². The van der Waals surface area contributed by atoms with Crippen molar-refractivity contribution in [3.05, 3.63) is 0 Å². The van der Waals surface area contributed by atoms with Crippen LogP contribution in [0.1, 0.15) is 58.8 Å². The number of carbonyl (C=O) groups excluding carboxylic acids is 1. The molecule has 0 atom stereocenters. The van der Waals surface area contributed by atoms with E-state index in [1.54, 1.807) is 0 Å². The van der Waals surface area contributed by atoms with E-state index >= 15 is 0 Å². The minimum atomic E-state index is -1.11. The van der Waals surface area contributed by atoms with Gasteiger partial charge in [0.05, 0.1) is 43.9 Å². The Hall–Kier alpha value is -0.340. The molecule has 0 aromatic carbocycles. The maximum atomic E-state index is 10.7. The summed E-state index contributed by atoms with van der Waals surface area (Å²) in [5, 5.41) is 34.0. The van der Waals surface area contributed by atoms with Gasteiger partial charge in [-0.3, -0.25) is 4.79 Å². The van der Waals surface area contributed by atoms with E-state index in [4.69, 9.17) is 24.6 Å². The second-order valence-electron chi connectivity index (χ2n) is 5.53. The SMILES string of the molecule is CCCCCCCCSOC(=O)CC.OCC(CO)(CO)CO. The van der Waals surface area contributed by atoms with Crippen LogP contribution in [0.15, 0.2) is 0 Å². The van der Waals surface area contributed by atoms with E-state index in [1.807, 2.05) is 6.92 Å². The third-order valence-electron chi connectivity index (χ3n) is 3.36. The predicted molar refractivity (Wildman–Crippen MR) is 93.0 cm³/mol. The average Bonchev–Trinajstić information content (AvgIpc) is 2.60. The smallest absolute Gasteiger partial charge is 0.317 e. The lowest BCUT2D eigenvalue weighted by Crippen LogP contribution is -2.37. The molecule has 0 unspecified atom stereocenters. The van der Waals surface area contributed by atoms with Crippen molar-refractivity contribution >= 4 is 18.0 Å². The highest BCUT2D eigenvalue weighted by molar-refractivity contribution is 7.95. The molecular weight excluding hydrogens is 320 g/mol. The third kappa shape index (κ3) is 15.0. The normalized spacial score (nSPS) is 10.9. The van der Waals surface area contributed by atoms with E-state index in [2.05, 4.69) is 6.92 Å². The lowest BCUT2D eigenvalue weighted by Gasteiger charge is -2.23. The van der Waals surface area contributed by atoms with Gasteiger partial charge in [0.2, 0.25) is 0 Å². The van der Waals surface area contributed by atoms with Crippen LogP contribution in [0.4, 0.5) is 0 Å². The molecule has 0 aliphatic rings. The Bertz CT molecular complexity index is 241. The first-order valence-electron chi connectivity index (χ1n) is 8.31. The Morgan fingerprint density at radius 2 is 1.35 bits per heavy atom. The van der Waals surface area contributed by atoms with Gasteiger partial charge in [-0.25, -0.2) is 0 Å². The summed E-state index contributed by atoms with van der Waals surface area (Å²) in [7, 11) is 0. The molecule has 7 heteroatoms. The molecule has 140 valence electrons. The molecule has 0 rings (SSSR count). The van der Waals surface area contributed by atoms with E-state index in [0.29, 0.717) is 6.42 Å². The molecule has 0 aliphatic carbocycles.